The third kappa shape index (κ3) is 2.18. The minimum atomic E-state index is 0.610. The van der Waals surface area contributed by atoms with Crippen LogP contribution in [0.1, 0.15) is 11.1 Å². The first-order chi connectivity index (χ1) is 7.79. The number of nitriles is 1. The Morgan fingerprint density at radius 2 is 2.00 bits per heavy atom. The molecule has 16 heavy (non-hydrogen) atoms. The average Bonchev–Trinajstić information content (AvgIpc) is 2.31. The highest BCUT2D eigenvalue weighted by molar-refractivity contribution is 5.57. The summed E-state index contributed by atoms with van der Waals surface area (Å²) >= 11 is 0. The second kappa shape index (κ2) is 4.45. The van der Waals surface area contributed by atoms with Gasteiger partial charge < -0.3 is 5.32 Å². The van der Waals surface area contributed by atoms with Gasteiger partial charge in [0.1, 0.15) is 11.9 Å². The van der Waals surface area contributed by atoms with Crippen molar-refractivity contribution in [3.8, 4) is 6.07 Å². The molecule has 0 unspecified atom stereocenters. The maximum Gasteiger partial charge on any atom is 0.130 e. The lowest BCUT2D eigenvalue weighted by atomic mass is 10.2. The van der Waals surface area contributed by atoms with Gasteiger partial charge in [0.05, 0.1) is 5.56 Å². The van der Waals surface area contributed by atoms with Crippen LogP contribution in [0.5, 0.6) is 0 Å². The van der Waals surface area contributed by atoms with Crippen LogP contribution in [0.25, 0.3) is 0 Å². The monoisotopic (exact) mass is 209 g/mol. The average molecular weight is 209 g/mol. The maximum atomic E-state index is 8.79. The first-order valence-electron chi connectivity index (χ1n) is 4.98. The van der Waals surface area contributed by atoms with Crippen molar-refractivity contribution in [1.29, 1.82) is 5.26 Å². The predicted octanol–water partition coefficient (Wildman–Crippen LogP) is 3.01. The van der Waals surface area contributed by atoms with Gasteiger partial charge in [0, 0.05) is 11.9 Å². The van der Waals surface area contributed by atoms with Crippen molar-refractivity contribution in [3.63, 3.8) is 0 Å². The highest BCUT2D eigenvalue weighted by Crippen LogP contribution is 2.16. The number of anilines is 2. The second-order valence-corrected chi connectivity index (χ2v) is 3.49. The Hall–Kier alpha value is -2.34. The van der Waals surface area contributed by atoms with Crippen LogP contribution >= 0.6 is 0 Å². The summed E-state index contributed by atoms with van der Waals surface area (Å²) in [6.45, 7) is 1.90. The molecule has 3 heteroatoms. The molecule has 0 atom stereocenters. The Morgan fingerprint density at radius 1 is 1.25 bits per heavy atom. The van der Waals surface area contributed by atoms with E-state index in [2.05, 4.69) is 16.4 Å². The third-order valence-corrected chi connectivity index (χ3v) is 2.28. The van der Waals surface area contributed by atoms with Crippen LogP contribution in [0.15, 0.2) is 42.6 Å². The molecule has 1 aromatic heterocycles. The standard InChI is InChI=1S/C13H11N3/c1-10-7-13(15-9-11(10)8-14)16-12-5-3-2-4-6-12/h2-7,9H,1H3,(H,15,16). The molecule has 0 amide bonds. The molecule has 0 saturated heterocycles. The number of para-hydroxylation sites is 1. The molecular formula is C13H11N3. The molecule has 2 aromatic rings. The molecule has 1 heterocycles. The van der Waals surface area contributed by atoms with Gasteiger partial charge in [-0.15, -0.1) is 0 Å². The van der Waals surface area contributed by atoms with Crippen LogP contribution in [-0.4, -0.2) is 4.98 Å². The van der Waals surface area contributed by atoms with Crippen molar-refractivity contribution < 1.29 is 0 Å². The number of hydrogen-bond acceptors (Lipinski definition) is 3. The molecule has 2 rings (SSSR count). The number of benzene rings is 1. The van der Waals surface area contributed by atoms with E-state index in [9.17, 15) is 0 Å². The first-order valence-corrected chi connectivity index (χ1v) is 4.98. The molecule has 78 valence electrons. The summed E-state index contributed by atoms with van der Waals surface area (Å²) in [5, 5.41) is 12.0. The zero-order chi connectivity index (χ0) is 11.4. The van der Waals surface area contributed by atoms with Gasteiger partial charge >= 0.3 is 0 Å². The summed E-state index contributed by atoms with van der Waals surface area (Å²) in [7, 11) is 0. The number of rotatable bonds is 2. The van der Waals surface area contributed by atoms with Gasteiger partial charge in [-0.1, -0.05) is 18.2 Å². The fourth-order valence-corrected chi connectivity index (χ4v) is 1.41. The topological polar surface area (TPSA) is 48.7 Å². The van der Waals surface area contributed by atoms with Gasteiger partial charge in [-0.25, -0.2) is 4.98 Å². The Labute approximate surface area is 94.4 Å². The van der Waals surface area contributed by atoms with Crippen LogP contribution in [0.4, 0.5) is 11.5 Å². The molecule has 0 aliphatic heterocycles. The van der Waals surface area contributed by atoms with Crippen molar-refractivity contribution in [2.45, 2.75) is 6.92 Å². The molecule has 0 fully saturated rings. The molecule has 3 nitrogen and oxygen atoms in total. The summed E-state index contributed by atoms with van der Waals surface area (Å²) in [5.74, 6) is 0.753. The molecule has 1 N–H and O–H groups in total. The number of aryl methyl sites for hydroxylation is 1. The summed E-state index contributed by atoms with van der Waals surface area (Å²) < 4.78 is 0. The summed E-state index contributed by atoms with van der Waals surface area (Å²) in [4.78, 5) is 4.17. The van der Waals surface area contributed by atoms with E-state index in [1.54, 1.807) is 6.20 Å². The van der Waals surface area contributed by atoms with Gasteiger partial charge in [-0.2, -0.15) is 5.26 Å². The molecule has 0 aliphatic carbocycles. The minimum absolute atomic E-state index is 0.610. The van der Waals surface area contributed by atoms with E-state index in [4.69, 9.17) is 5.26 Å². The molecule has 0 bridgehead atoms. The largest absolute Gasteiger partial charge is 0.340 e. The van der Waals surface area contributed by atoms with E-state index < -0.39 is 0 Å². The van der Waals surface area contributed by atoms with E-state index in [0.717, 1.165) is 17.1 Å². The highest BCUT2D eigenvalue weighted by Gasteiger charge is 2.00. The van der Waals surface area contributed by atoms with Gasteiger partial charge in [0.2, 0.25) is 0 Å². The second-order valence-electron chi connectivity index (χ2n) is 3.49. The van der Waals surface area contributed by atoms with E-state index in [0.29, 0.717) is 5.56 Å². The van der Waals surface area contributed by atoms with Gasteiger partial charge in [0.25, 0.3) is 0 Å². The molecule has 1 aromatic carbocycles. The maximum absolute atomic E-state index is 8.79. The lowest BCUT2D eigenvalue weighted by Crippen LogP contribution is -1.95. The van der Waals surface area contributed by atoms with E-state index in [1.165, 1.54) is 0 Å². The van der Waals surface area contributed by atoms with Gasteiger partial charge in [0.15, 0.2) is 0 Å². The van der Waals surface area contributed by atoms with Crippen LogP contribution < -0.4 is 5.32 Å². The Bertz CT molecular complexity index is 527. The fourth-order valence-electron chi connectivity index (χ4n) is 1.41. The van der Waals surface area contributed by atoms with Crippen LogP contribution in [0.2, 0.25) is 0 Å². The summed E-state index contributed by atoms with van der Waals surface area (Å²) in [6.07, 6.45) is 1.58. The van der Waals surface area contributed by atoms with Crippen molar-refractivity contribution in [3.05, 3.63) is 53.7 Å². The molecule has 0 spiro atoms. The van der Waals surface area contributed by atoms with Gasteiger partial charge in [-0.05, 0) is 30.7 Å². The lowest BCUT2D eigenvalue weighted by molar-refractivity contribution is 1.25. The van der Waals surface area contributed by atoms with E-state index >= 15 is 0 Å². The van der Waals surface area contributed by atoms with E-state index in [1.807, 2.05) is 43.3 Å². The number of pyridine rings is 1. The summed E-state index contributed by atoms with van der Waals surface area (Å²) in [6, 6.07) is 13.8. The smallest absolute Gasteiger partial charge is 0.130 e. The van der Waals surface area contributed by atoms with Crippen LogP contribution in [-0.2, 0) is 0 Å². The number of aromatic nitrogens is 1. The number of hydrogen-bond donors (Lipinski definition) is 1. The highest BCUT2D eigenvalue weighted by atomic mass is 15.0. The van der Waals surface area contributed by atoms with Crippen molar-refractivity contribution >= 4 is 11.5 Å². The molecule has 0 saturated carbocycles. The third-order valence-electron chi connectivity index (χ3n) is 2.28. The summed E-state index contributed by atoms with van der Waals surface area (Å²) in [5.41, 5.74) is 2.52. The fraction of sp³-hybridized carbons (Fsp3) is 0.0769. The van der Waals surface area contributed by atoms with E-state index in [-0.39, 0.29) is 0 Å². The van der Waals surface area contributed by atoms with Gasteiger partial charge in [-0.3, -0.25) is 0 Å². The quantitative estimate of drug-likeness (QED) is 0.827. The minimum Gasteiger partial charge on any atom is -0.340 e. The van der Waals surface area contributed by atoms with Crippen molar-refractivity contribution in [1.82, 2.24) is 4.98 Å². The van der Waals surface area contributed by atoms with Crippen molar-refractivity contribution in [2.24, 2.45) is 0 Å². The normalized spacial score (nSPS) is 9.50. The number of nitrogens with one attached hydrogen (secondary N) is 1. The van der Waals surface area contributed by atoms with Crippen molar-refractivity contribution in [2.75, 3.05) is 5.32 Å². The Kier molecular flexibility index (Phi) is 2.84. The predicted molar refractivity (Wildman–Crippen MR) is 63.4 cm³/mol. The number of nitrogens with zero attached hydrogens (tertiary/aromatic N) is 2. The van der Waals surface area contributed by atoms with Crippen LogP contribution in [0, 0.1) is 18.3 Å². The Balaban J connectivity index is 2.24. The SMILES string of the molecule is Cc1cc(Nc2ccccc2)ncc1C#N. The lowest BCUT2D eigenvalue weighted by Gasteiger charge is -2.06. The molecular weight excluding hydrogens is 198 g/mol. The molecule has 0 aliphatic rings. The van der Waals surface area contributed by atoms with Crippen LogP contribution in [0.3, 0.4) is 0 Å². The zero-order valence-electron chi connectivity index (χ0n) is 8.94. The Morgan fingerprint density at radius 3 is 2.62 bits per heavy atom. The first kappa shape index (κ1) is 10.2. The molecule has 0 radical (unpaired) electrons. The zero-order valence-corrected chi connectivity index (χ0v) is 8.94.